The van der Waals surface area contributed by atoms with Gasteiger partial charge in [-0.1, -0.05) is 6.92 Å². The molecule has 1 rings (SSSR count). The summed E-state index contributed by atoms with van der Waals surface area (Å²) in [5.74, 6) is -2.79. The minimum absolute atomic E-state index is 0.120. The van der Waals surface area contributed by atoms with Crippen molar-refractivity contribution in [3.8, 4) is 5.75 Å². The van der Waals surface area contributed by atoms with Crippen LogP contribution in [0, 0.1) is 5.82 Å². The van der Waals surface area contributed by atoms with Gasteiger partial charge in [-0.3, -0.25) is 0 Å². The number of nitrogens with two attached hydrogens (primary N) is 1. The van der Waals surface area contributed by atoms with Crippen molar-refractivity contribution in [2.24, 2.45) is 5.73 Å². The quantitative estimate of drug-likeness (QED) is 0.712. The minimum Gasteiger partial charge on any atom is -0.505 e. The van der Waals surface area contributed by atoms with Gasteiger partial charge in [0.1, 0.15) is 0 Å². The van der Waals surface area contributed by atoms with Gasteiger partial charge < -0.3 is 15.9 Å². The first kappa shape index (κ1) is 11.5. The topological polar surface area (TPSA) is 83.6 Å². The molecule has 1 atom stereocenters. The van der Waals surface area contributed by atoms with Crippen LogP contribution in [-0.2, 0) is 0 Å². The number of halogens is 1. The fourth-order valence-corrected chi connectivity index (χ4v) is 1.25. The van der Waals surface area contributed by atoms with E-state index in [0.29, 0.717) is 6.42 Å². The summed E-state index contributed by atoms with van der Waals surface area (Å²) in [6.07, 6.45) is 0.482. The van der Waals surface area contributed by atoms with E-state index in [9.17, 15) is 14.3 Å². The van der Waals surface area contributed by atoms with Crippen LogP contribution in [-0.4, -0.2) is 16.2 Å². The Balaban J connectivity index is 3.31. The highest BCUT2D eigenvalue weighted by Gasteiger charge is 2.17. The molecule has 0 heterocycles. The minimum atomic E-state index is -1.25. The third kappa shape index (κ3) is 2.24. The maximum atomic E-state index is 13.1. The maximum absolute atomic E-state index is 13.1. The second-order valence-electron chi connectivity index (χ2n) is 3.22. The van der Waals surface area contributed by atoms with Crippen LogP contribution in [0.1, 0.15) is 35.3 Å². The summed E-state index contributed by atoms with van der Waals surface area (Å²) in [7, 11) is 0. The summed E-state index contributed by atoms with van der Waals surface area (Å²) in [5.41, 5.74) is 5.52. The molecule has 0 saturated heterocycles. The summed E-state index contributed by atoms with van der Waals surface area (Å²) in [4.78, 5) is 10.6. The van der Waals surface area contributed by atoms with Crippen LogP contribution in [0.15, 0.2) is 12.1 Å². The first-order valence-electron chi connectivity index (χ1n) is 4.48. The molecular weight excluding hydrogens is 201 g/mol. The van der Waals surface area contributed by atoms with Gasteiger partial charge in [0.05, 0.1) is 5.56 Å². The molecule has 15 heavy (non-hydrogen) atoms. The largest absolute Gasteiger partial charge is 0.505 e. The molecule has 0 amide bonds. The predicted octanol–water partition coefficient (Wildman–Crippen LogP) is 1.64. The Hall–Kier alpha value is -1.62. The lowest BCUT2D eigenvalue weighted by atomic mass is 10.0. The van der Waals surface area contributed by atoms with Crippen LogP contribution in [0.25, 0.3) is 0 Å². The Morgan fingerprint density at radius 1 is 1.60 bits per heavy atom. The molecule has 0 aliphatic rings. The summed E-state index contributed by atoms with van der Waals surface area (Å²) in [6.45, 7) is 1.76. The molecule has 0 aliphatic carbocycles. The molecule has 0 bridgehead atoms. The van der Waals surface area contributed by atoms with E-state index in [-0.39, 0.29) is 11.1 Å². The molecule has 0 radical (unpaired) electrons. The average molecular weight is 213 g/mol. The molecule has 0 unspecified atom stereocenters. The third-order valence-corrected chi connectivity index (χ3v) is 2.18. The molecule has 1 aromatic carbocycles. The molecule has 0 fully saturated rings. The Labute approximate surface area is 86.1 Å². The number of rotatable bonds is 3. The van der Waals surface area contributed by atoms with Crippen molar-refractivity contribution in [2.45, 2.75) is 19.4 Å². The van der Waals surface area contributed by atoms with Crippen molar-refractivity contribution >= 4 is 5.97 Å². The fourth-order valence-electron chi connectivity index (χ4n) is 1.25. The van der Waals surface area contributed by atoms with Crippen molar-refractivity contribution < 1.29 is 19.4 Å². The van der Waals surface area contributed by atoms with Crippen molar-refractivity contribution in [1.82, 2.24) is 0 Å². The predicted molar refractivity (Wildman–Crippen MR) is 52.2 cm³/mol. The van der Waals surface area contributed by atoms with E-state index in [0.717, 1.165) is 6.07 Å². The van der Waals surface area contributed by atoms with E-state index in [1.54, 1.807) is 6.92 Å². The summed E-state index contributed by atoms with van der Waals surface area (Å²) < 4.78 is 13.1. The van der Waals surface area contributed by atoms with Gasteiger partial charge in [-0.15, -0.1) is 0 Å². The molecule has 1 aromatic rings. The van der Waals surface area contributed by atoms with E-state index in [1.165, 1.54) is 6.07 Å². The fraction of sp³-hybridized carbons (Fsp3) is 0.300. The standard InChI is InChI=1S/C10H12FNO3/c1-2-8(12)6-3-5(10(14)15)4-7(11)9(6)13/h3-4,8,13H,2,12H2,1H3,(H,14,15)/t8-/m0/s1. The normalized spacial score (nSPS) is 12.5. The van der Waals surface area contributed by atoms with E-state index >= 15 is 0 Å². The zero-order chi connectivity index (χ0) is 11.6. The van der Waals surface area contributed by atoms with Crippen molar-refractivity contribution in [3.63, 3.8) is 0 Å². The van der Waals surface area contributed by atoms with Gasteiger partial charge in [-0.05, 0) is 18.6 Å². The van der Waals surface area contributed by atoms with Gasteiger partial charge in [0, 0.05) is 11.6 Å². The van der Waals surface area contributed by atoms with Crippen LogP contribution < -0.4 is 5.73 Å². The molecule has 0 aromatic heterocycles. The number of hydrogen-bond donors (Lipinski definition) is 3. The highest BCUT2D eigenvalue weighted by Crippen LogP contribution is 2.28. The van der Waals surface area contributed by atoms with Gasteiger partial charge >= 0.3 is 5.97 Å². The maximum Gasteiger partial charge on any atom is 0.335 e. The number of phenolic OH excluding ortho intramolecular Hbond substituents is 1. The Kier molecular flexibility index (Phi) is 3.26. The monoisotopic (exact) mass is 213 g/mol. The van der Waals surface area contributed by atoms with E-state index < -0.39 is 23.6 Å². The number of aromatic carboxylic acids is 1. The lowest BCUT2D eigenvalue weighted by Crippen LogP contribution is -2.11. The Morgan fingerprint density at radius 2 is 2.20 bits per heavy atom. The van der Waals surface area contributed by atoms with Gasteiger partial charge in [0.2, 0.25) is 0 Å². The first-order chi connectivity index (χ1) is 6.97. The highest BCUT2D eigenvalue weighted by atomic mass is 19.1. The number of aromatic hydroxyl groups is 1. The Bertz CT molecular complexity index is 392. The zero-order valence-electron chi connectivity index (χ0n) is 8.20. The number of benzene rings is 1. The van der Waals surface area contributed by atoms with Gasteiger partial charge in [-0.2, -0.15) is 0 Å². The molecule has 0 aliphatic heterocycles. The second-order valence-corrected chi connectivity index (χ2v) is 3.22. The van der Waals surface area contributed by atoms with Crippen LogP contribution in [0.3, 0.4) is 0 Å². The van der Waals surface area contributed by atoms with Crippen LogP contribution in [0.2, 0.25) is 0 Å². The lowest BCUT2D eigenvalue weighted by Gasteiger charge is -2.12. The SMILES string of the molecule is CC[C@H](N)c1cc(C(=O)O)cc(F)c1O. The van der Waals surface area contributed by atoms with E-state index in [1.807, 2.05) is 0 Å². The number of carbonyl (C=O) groups is 1. The zero-order valence-corrected chi connectivity index (χ0v) is 8.20. The summed E-state index contributed by atoms with van der Waals surface area (Å²) in [6, 6.07) is 1.39. The Morgan fingerprint density at radius 3 is 2.67 bits per heavy atom. The van der Waals surface area contributed by atoms with Crippen molar-refractivity contribution in [3.05, 3.63) is 29.1 Å². The molecule has 4 N–H and O–H groups in total. The van der Waals surface area contributed by atoms with E-state index in [4.69, 9.17) is 10.8 Å². The highest BCUT2D eigenvalue weighted by molar-refractivity contribution is 5.88. The summed E-state index contributed by atoms with van der Waals surface area (Å²) in [5, 5.41) is 18.0. The second kappa shape index (κ2) is 4.27. The molecule has 0 spiro atoms. The molecular formula is C10H12FNO3. The van der Waals surface area contributed by atoms with Crippen molar-refractivity contribution in [1.29, 1.82) is 0 Å². The molecule has 5 heteroatoms. The average Bonchev–Trinajstić information content (AvgIpc) is 2.20. The van der Waals surface area contributed by atoms with E-state index in [2.05, 4.69) is 0 Å². The first-order valence-corrected chi connectivity index (χ1v) is 4.48. The molecule has 82 valence electrons. The van der Waals surface area contributed by atoms with Crippen LogP contribution in [0.4, 0.5) is 4.39 Å². The number of phenols is 1. The van der Waals surface area contributed by atoms with Crippen molar-refractivity contribution in [2.75, 3.05) is 0 Å². The lowest BCUT2D eigenvalue weighted by molar-refractivity contribution is 0.0696. The van der Waals surface area contributed by atoms with Gasteiger partial charge in [-0.25, -0.2) is 9.18 Å². The number of carboxylic acid groups (broad SMARTS) is 1. The van der Waals surface area contributed by atoms with Crippen LogP contribution in [0.5, 0.6) is 5.75 Å². The molecule has 4 nitrogen and oxygen atoms in total. The third-order valence-electron chi connectivity index (χ3n) is 2.18. The smallest absolute Gasteiger partial charge is 0.335 e. The van der Waals surface area contributed by atoms with Crippen LogP contribution >= 0.6 is 0 Å². The van der Waals surface area contributed by atoms with Gasteiger partial charge in [0.15, 0.2) is 11.6 Å². The number of carboxylic acids is 1. The summed E-state index contributed by atoms with van der Waals surface area (Å²) >= 11 is 0. The van der Waals surface area contributed by atoms with Gasteiger partial charge in [0.25, 0.3) is 0 Å². The number of hydrogen-bond acceptors (Lipinski definition) is 3. The molecule has 0 saturated carbocycles.